The number of hydrogen-bond acceptors (Lipinski definition) is 2. The van der Waals surface area contributed by atoms with Crippen molar-refractivity contribution in [2.24, 2.45) is 0 Å². The largest absolute Gasteiger partial charge is 0.232 e. The summed E-state index contributed by atoms with van der Waals surface area (Å²) in [6, 6.07) is 5.53. The fraction of sp³-hybridized carbons (Fsp3) is 0.273. The summed E-state index contributed by atoms with van der Waals surface area (Å²) in [6.45, 7) is 4.06. The minimum atomic E-state index is 0.255. The van der Waals surface area contributed by atoms with Crippen molar-refractivity contribution in [2.45, 2.75) is 19.8 Å². The van der Waals surface area contributed by atoms with Crippen molar-refractivity contribution in [1.29, 1.82) is 0 Å². The Balaban J connectivity index is 2.78. The Labute approximate surface area is 98.3 Å². The van der Waals surface area contributed by atoms with Crippen molar-refractivity contribution < 1.29 is 0 Å². The summed E-state index contributed by atoms with van der Waals surface area (Å²) in [6.07, 6.45) is 0. The lowest BCUT2D eigenvalue weighted by molar-refractivity contribution is 0.783. The molecule has 0 aliphatic carbocycles. The van der Waals surface area contributed by atoms with Gasteiger partial charge in [-0.15, -0.1) is 0 Å². The molecule has 0 aliphatic heterocycles. The molecule has 0 radical (unpaired) electrons. The highest BCUT2D eigenvalue weighted by Crippen LogP contribution is 2.28. The summed E-state index contributed by atoms with van der Waals surface area (Å²) < 4.78 is 0. The van der Waals surface area contributed by atoms with E-state index < -0.39 is 0 Å². The number of hydrogen-bond donors (Lipinski definition) is 0. The van der Waals surface area contributed by atoms with Crippen LogP contribution >= 0.6 is 23.2 Å². The van der Waals surface area contributed by atoms with Crippen LogP contribution < -0.4 is 0 Å². The molecule has 78 valence electrons. The Hall–Kier alpha value is -0.860. The minimum Gasteiger partial charge on any atom is -0.232 e. The van der Waals surface area contributed by atoms with E-state index in [4.69, 9.17) is 23.2 Å². The second kappa shape index (κ2) is 3.95. The Morgan fingerprint density at radius 3 is 2.53 bits per heavy atom. The van der Waals surface area contributed by atoms with Crippen molar-refractivity contribution >= 4 is 34.1 Å². The first-order chi connectivity index (χ1) is 7.09. The monoisotopic (exact) mass is 240 g/mol. The van der Waals surface area contributed by atoms with E-state index in [1.54, 1.807) is 6.07 Å². The molecule has 0 atom stereocenters. The summed E-state index contributed by atoms with van der Waals surface area (Å²) in [5.74, 6) is 1.00. The van der Waals surface area contributed by atoms with Gasteiger partial charge in [-0.25, -0.2) is 9.97 Å². The van der Waals surface area contributed by atoms with Crippen molar-refractivity contribution in [2.75, 3.05) is 0 Å². The molecule has 2 rings (SSSR count). The standard InChI is InChI=1S/C11H10Cl2N2/c1-6(2)11-14-8-5-3-4-7(12)9(8)10(13)15-11/h3-6H,1-2H3. The number of aromatic nitrogens is 2. The number of halogens is 2. The van der Waals surface area contributed by atoms with E-state index >= 15 is 0 Å². The molecule has 0 aliphatic rings. The Morgan fingerprint density at radius 2 is 1.87 bits per heavy atom. The van der Waals surface area contributed by atoms with Crippen LogP contribution in [0.3, 0.4) is 0 Å². The zero-order valence-corrected chi connectivity index (χ0v) is 9.97. The summed E-state index contributed by atoms with van der Waals surface area (Å²) in [4.78, 5) is 8.65. The van der Waals surface area contributed by atoms with Gasteiger partial charge in [0.15, 0.2) is 0 Å². The second-order valence-corrected chi connectivity index (χ2v) is 4.43. The Morgan fingerprint density at radius 1 is 1.13 bits per heavy atom. The molecule has 0 saturated carbocycles. The molecule has 1 heterocycles. The lowest BCUT2D eigenvalue weighted by Gasteiger charge is -2.07. The van der Waals surface area contributed by atoms with E-state index in [2.05, 4.69) is 9.97 Å². The van der Waals surface area contributed by atoms with Gasteiger partial charge < -0.3 is 0 Å². The van der Waals surface area contributed by atoms with E-state index in [-0.39, 0.29) is 5.92 Å². The molecule has 2 aromatic rings. The average molecular weight is 241 g/mol. The number of nitrogens with zero attached hydrogens (tertiary/aromatic N) is 2. The van der Waals surface area contributed by atoms with Crippen LogP contribution in [0.4, 0.5) is 0 Å². The maximum atomic E-state index is 6.08. The maximum absolute atomic E-state index is 6.08. The lowest BCUT2D eigenvalue weighted by atomic mass is 10.2. The first-order valence-electron chi connectivity index (χ1n) is 4.71. The van der Waals surface area contributed by atoms with E-state index in [1.165, 1.54) is 0 Å². The molecule has 0 saturated heterocycles. The third-order valence-corrected chi connectivity index (χ3v) is 2.75. The molecule has 0 N–H and O–H groups in total. The Kier molecular flexibility index (Phi) is 2.81. The van der Waals surface area contributed by atoms with E-state index in [9.17, 15) is 0 Å². The predicted octanol–water partition coefficient (Wildman–Crippen LogP) is 4.06. The molecule has 0 unspecified atom stereocenters. The minimum absolute atomic E-state index is 0.255. The van der Waals surface area contributed by atoms with Crippen LogP contribution in [0.1, 0.15) is 25.6 Å². The molecule has 0 bridgehead atoms. The van der Waals surface area contributed by atoms with Gasteiger partial charge in [0.2, 0.25) is 0 Å². The first-order valence-corrected chi connectivity index (χ1v) is 5.47. The summed E-state index contributed by atoms with van der Waals surface area (Å²) in [7, 11) is 0. The van der Waals surface area contributed by atoms with Gasteiger partial charge in [-0.3, -0.25) is 0 Å². The molecule has 2 nitrogen and oxygen atoms in total. The van der Waals surface area contributed by atoms with E-state index in [0.717, 1.165) is 16.7 Å². The zero-order valence-electron chi connectivity index (χ0n) is 8.46. The molecule has 0 spiro atoms. The van der Waals surface area contributed by atoms with Crippen molar-refractivity contribution in [1.82, 2.24) is 9.97 Å². The molecule has 0 fully saturated rings. The van der Waals surface area contributed by atoms with Gasteiger partial charge in [0.25, 0.3) is 0 Å². The van der Waals surface area contributed by atoms with Crippen LogP contribution in [0.15, 0.2) is 18.2 Å². The zero-order chi connectivity index (χ0) is 11.0. The predicted molar refractivity (Wildman–Crippen MR) is 63.6 cm³/mol. The molecule has 0 amide bonds. The highest BCUT2D eigenvalue weighted by molar-refractivity contribution is 6.41. The van der Waals surface area contributed by atoms with Crippen LogP contribution in [0.5, 0.6) is 0 Å². The van der Waals surface area contributed by atoms with E-state index in [1.807, 2.05) is 26.0 Å². The van der Waals surface area contributed by atoms with Crippen molar-refractivity contribution in [3.63, 3.8) is 0 Å². The van der Waals surface area contributed by atoms with Gasteiger partial charge in [-0.05, 0) is 12.1 Å². The van der Waals surface area contributed by atoms with Gasteiger partial charge >= 0.3 is 0 Å². The topological polar surface area (TPSA) is 25.8 Å². The fourth-order valence-electron chi connectivity index (χ4n) is 1.37. The quantitative estimate of drug-likeness (QED) is 0.703. The summed E-state index contributed by atoms with van der Waals surface area (Å²) in [5, 5.41) is 1.74. The SMILES string of the molecule is CC(C)c1nc(Cl)c2c(Cl)cccc2n1. The van der Waals surface area contributed by atoms with Crippen LogP contribution in [-0.2, 0) is 0 Å². The molecular formula is C11H10Cl2N2. The van der Waals surface area contributed by atoms with Gasteiger partial charge in [-0.2, -0.15) is 0 Å². The van der Waals surface area contributed by atoms with Crippen molar-refractivity contribution in [3.8, 4) is 0 Å². The summed E-state index contributed by atoms with van der Waals surface area (Å²) >= 11 is 12.1. The molecule has 1 aromatic heterocycles. The van der Waals surface area contributed by atoms with Gasteiger partial charge in [0.05, 0.1) is 15.9 Å². The maximum Gasteiger partial charge on any atom is 0.142 e. The van der Waals surface area contributed by atoms with Crippen LogP contribution in [0.2, 0.25) is 10.2 Å². The molecule has 4 heteroatoms. The third-order valence-electron chi connectivity index (χ3n) is 2.16. The van der Waals surface area contributed by atoms with Crippen molar-refractivity contribution in [3.05, 3.63) is 34.2 Å². The average Bonchev–Trinajstić information content (AvgIpc) is 2.17. The fourth-order valence-corrected chi connectivity index (χ4v) is 1.97. The van der Waals surface area contributed by atoms with Gasteiger partial charge in [0.1, 0.15) is 11.0 Å². The highest BCUT2D eigenvalue weighted by atomic mass is 35.5. The molecule has 1 aromatic carbocycles. The van der Waals surface area contributed by atoms with Gasteiger partial charge in [-0.1, -0.05) is 43.1 Å². The van der Waals surface area contributed by atoms with E-state index in [0.29, 0.717) is 10.2 Å². The first kappa shape index (κ1) is 10.7. The Bertz CT molecular complexity index is 509. The number of fused-ring (bicyclic) bond motifs is 1. The molecular weight excluding hydrogens is 231 g/mol. The smallest absolute Gasteiger partial charge is 0.142 e. The third kappa shape index (κ3) is 1.92. The van der Waals surface area contributed by atoms with Crippen LogP contribution in [0, 0.1) is 0 Å². The molecule has 15 heavy (non-hydrogen) atoms. The van der Waals surface area contributed by atoms with Crippen LogP contribution in [-0.4, -0.2) is 9.97 Å². The van der Waals surface area contributed by atoms with Crippen LogP contribution in [0.25, 0.3) is 10.9 Å². The number of benzene rings is 1. The second-order valence-electron chi connectivity index (χ2n) is 3.66. The normalized spacial score (nSPS) is 11.3. The number of rotatable bonds is 1. The van der Waals surface area contributed by atoms with Gasteiger partial charge in [0, 0.05) is 5.92 Å². The lowest BCUT2D eigenvalue weighted by Crippen LogP contribution is -1.98. The highest BCUT2D eigenvalue weighted by Gasteiger charge is 2.10. The summed E-state index contributed by atoms with van der Waals surface area (Å²) in [5.41, 5.74) is 0.797.